The van der Waals surface area contributed by atoms with E-state index < -0.39 is 0 Å². The van der Waals surface area contributed by atoms with Gasteiger partial charge in [0.25, 0.3) is 0 Å². The number of aryl methyl sites for hydroxylation is 1. The number of hydrogen-bond acceptors (Lipinski definition) is 3. The molecule has 0 fully saturated rings. The topological polar surface area (TPSA) is 45.8 Å². The van der Waals surface area contributed by atoms with Crippen LogP contribution in [0, 0.1) is 6.92 Å². The minimum atomic E-state index is -0.273. The molecule has 0 bridgehead atoms. The number of amides is 1. The van der Waals surface area contributed by atoms with E-state index in [0.29, 0.717) is 28.0 Å². The monoisotopic (exact) mass is 412 g/mol. The highest BCUT2D eigenvalue weighted by atomic mass is 35.5. The number of hydrogen-bond donors (Lipinski definition) is 0. The molecule has 0 saturated carbocycles. The molecule has 1 aliphatic heterocycles. The number of hydrazone groups is 1. The number of benzene rings is 2. The van der Waals surface area contributed by atoms with Gasteiger partial charge in [-0.3, -0.25) is 4.79 Å². The summed E-state index contributed by atoms with van der Waals surface area (Å²) in [6, 6.07) is 17.0. The van der Waals surface area contributed by atoms with E-state index in [9.17, 15) is 4.79 Å². The van der Waals surface area contributed by atoms with Gasteiger partial charge in [0.05, 0.1) is 15.8 Å². The zero-order chi connectivity index (χ0) is 19.8. The van der Waals surface area contributed by atoms with E-state index in [2.05, 4.69) is 5.10 Å². The van der Waals surface area contributed by atoms with Crippen LogP contribution >= 0.6 is 23.2 Å². The molecule has 1 aliphatic rings. The van der Waals surface area contributed by atoms with Crippen molar-refractivity contribution < 1.29 is 9.21 Å². The fraction of sp³-hybridized carbons (Fsp3) is 0.182. The van der Waals surface area contributed by atoms with Gasteiger partial charge in [0, 0.05) is 18.9 Å². The fourth-order valence-electron chi connectivity index (χ4n) is 3.28. The van der Waals surface area contributed by atoms with Crippen LogP contribution in [0.4, 0.5) is 0 Å². The molecule has 6 heteroatoms. The summed E-state index contributed by atoms with van der Waals surface area (Å²) in [6.07, 6.45) is 0.594. The van der Waals surface area contributed by atoms with E-state index in [1.54, 1.807) is 12.1 Å². The van der Waals surface area contributed by atoms with Gasteiger partial charge in [-0.15, -0.1) is 0 Å². The predicted octanol–water partition coefficient (Wildman–Crippen LogP) is 6.26. The third-order valence-electron chi connectivity index (χ3n) is 4.78. The van der Waals surface area contributed by atoms with Crippen LogP contribution in [0.2, 0.25) is 10.0 Å². The summed E-state index contributed by atoms with van der Waals surface area (Å²) in [7, 11) is 0. The molecule has 4 rings (SSSR count). The van der Waals surface area contributed by atoms with Crippen molar-refractivity contribution in [2.45, 2.75) is 26.3 Å². The molecule has 3 aromatic rings. The van der Waals surface area contributed by atoms with Gasteiger partial charge in [0.1, 0.15) is 17.6 Å². The van der Waals surface area contributed by atoms with Crippen LogP contribution in [0.3, 0.4) is 0 Å². The van der Waals surface area contributed by atoms with Crippen LogP contribution in [0.15, 0.2) is 64.1 Å². The highest BCUT2D eigenvalue weighted by molar-refractivity contribution is 6.42. The fourth-order valence-corrected chi connectivity index (χ4v) is 3.58. The molecule has 2 heterocycles. The molecule has 28 heavy (non-hydrogen) atoms. The van der Waals surface area contributed by atoms with Gasteiger partial charge in [-0.1, -0.05) is 53.0 Å². The largest absolute Gasteiger partial charge is 0.459 e. The number of carbonyl (C=O) groups is 1. The van der Waals surface area contributed by atoms with Gasteiger partial charge in [-0.25, -0.2) is 5.01 Å². The van der Waals surface area contributed by atoms with Crippen LogP contribution < -0.4 is 0 Å². The molecule has 0 saturated heterocycles. The second-order valence-electron chi connectivity index (χ2n) is 6.83. The lowest BCUT2D eigenvalue weighted by Gasteiger charge is -2.17. The number of rotatable bonds is 3. The van der Waals surface area contributed by atoms with Gasteiger partial charge < -0.3 is 4.42 Å². The van der Waals surface area contributed by atoms with Gasteiger partial charge >= 0.3 is 0 Å². The summed E-state index contributed by atoms with van der Waals surface area (Å²) in [5, 5.41) is 7.01. The van der Waals surface area contributed by atoms with Crippen molar-refractivity contribution in [3.63, 3.8) is 0 Å². The number of carbonyl (C=O) groups excluding carboxylic acids is 1. The molecule has 1 aromatic heterocycles. The zero-order valence-corrected chi connectivity index (χ0v) is 17.0. The van der Waals surface area contributed by atoms with E-state index in [1.165, 1.54) is 17.5 Å². The van der Waals surface area contributed by atoms with Gasteiger partial charge in [0.15, 0.2) is 0 Å². The third kappa shape index (κ3) is 3.58. The molecule has 1 atom stereocenters. The number of nitrogens with zero attached hydrogens (tertiary/aromatic N) is 2. The van der Waals surface area contributed by atoms with E-state index >= 15 is 0 Å². The second kappa shape index (κ2) is 7.46. The van der Waals surface area contributed by atoms with Crippen molar-refractivity contribution in [1.29, 1.82) is 0 Å². The number of halogens is 2. The lowest BCUT2D eigenvalue weighted by molar-refractivity contribution is -0.130. The normalized spacial score (nSPS) is 16.4. The standard InChI is InChI=1S/C22H18Cl2N2O2/c1-13-3-5-15(6-4-13)19-12-20(26(25-19)14(2)27)22-10-9-21(28-22)16-7-8-17(23)18(24)11-16/h3-11,20H,12H2,1-2H3. The first kappa shape index (κ1) is 18.8. The summed E-state index contributed by atoms with van der Waals surface area (Å²) in [5.41, 5.74) is 3.88. The van der Waals surface area contributed by atoms with Crippen molar-refractivity contribution in [1.82, 2.24) is 5.01 Å². The summed E-state index contributed by atoms with van der Waals surface area (Å²) >= 11 is 12.1. The zero-order valence-electron chi connectivity index (χ0n) is 15.4. The summed E-state index contributed by atoms with van der Waals surface area (Å²) < 4.78 is 6.06. The lowest BCUT2D eigenvalue weighted by atomic mass is 10.0. The Balaban J connectivity index is 1.63. The van der Waals surface area contributed by atoms with Crippen LogP contribution in [-0.2, 0) is 4.79 Å². The van der Waals surface area contributed by atoms with Crippen molar-refractivity contribution in [3.05, 3.63) is 81.5 Å². The highest BCUT2D eigenvalue weighted by Crippen LogP contribution is 2.36. The molecule has 1 amide bonds. The molecular weight excluding hydrogens is 395 g/mol. The molecule has 1 unspecified atom stereocenters. The molecule has 142 valence electrons. The van der Waals surface area contributed by atoms with Crippen LogP contribution in [-0.4, -0.2) is 16.6 Å². The van der Waals surface area contributed by atoms with Crippen molar-refractivity contribution >= 4 is 34.8 Å². The Kier molecular flexibility index (Phi) is 5.00. The predicted molar refractivity (Wildman–Crippen MR) is 112 cm³/mol. The Hall–Kier alpha value is -2.56. The average Bonchev–Trinajstić information content (AvgIpc) is 3.31. The first-order valence-electron chi connectivity index (χ1n) is 8.92. The smallest absolute Gasteiger partial charge is 0.240 e. The maximum absolute atomic E-state index is 12.2. The quantitative estimate of drug-likeness (QED) is 0.509. The Bertz CT molecular complexity index is 1070. The Morgan fingerprint density at radius 3 is 2.43 bits per heavy atom. The first-order chi connectivity index (χ1) is 13.4. The Morgan fingerprint density at radius 1 is 1.04 bits per heavy atom. The second-order valence-corrected chi connectivity index (χ2v) is 7.64. The van der Waals surface area contributed by atoms with Gasteiger partial charge in [-0.2, -0.15) is 5.10 Å². The lowest BCUT2D eigenvalue weighted by Crippen LogP contribution is -2.23. The van der Waals surface area contributed by atoms with E-state index in [4.69, 9.17) is 27.6 Å². The van der Waals surface area contributed by atoms with Gasteiger partial charge in [0.2, 0.25) is 5.91 Å². The van der Waals surface area contributed by atoms with Crippen LogP contribution in [0.1, 0.15) is 36.3 Å². The minimum absolute atomic E-state index is 0.125. The van der Waals surface area contributed by atoms with E-state index in [1.807, 2.05) is 49.4 Å². The highest BCUT2D eigenvalue weighted by Gasteiger charge is 2.33. The van der Waals surface area contributed by atoms with Crippen molar-refractivity contribution in [3.8, 4) is 11.3 Å². The average molecular weight is 413 g/mol. The molecule has 0 spiro atoms. The van der Waals surface area contributed by atoms with Gasteiger partial charge in [-0.05, 0) is 42.8 Å². The van der Waals surface area contributed by atoms with Crippen LogP contribution in [0.25, 0.3) is 11.3 Å². The number of furan rings is 1. The molecule has 0 aliphatic carbocycles. The summed E-state index contributed by atoms with van der Waals surface area (Å²) in [6.45, 7) is 3.55. The minimum Gasteiger partial charge on any atom is -0.459 e. The van der Waals surface area contributed by atoms with E-state index in [-0.39, 0.29) is 11.9 Å². The Labute approximate surface area is 173 Å². The van der Waals surface area contributed by atoms with E-state index in [0.717, 1.165) is 16.8 Å². The van der Waals surface area contributed by atoms with Crippen molar-refractivity contribution in [2.75, 3.05) is 0 Å². The maximum atomic E-state index is 12.2. The first-order valence-corrected chi connectivity index (χ1v) is 9.67. The summed E-state index contributed by atoms with van der Waals surface area (Å²) in [5.74, 6) is 1.22. The molecule has 2 aromatic carbocycles. The maximum Gasteiger partial charge on any atom is 0.240 e. The van der Waals surface area contributed by atoms with Crippen molar-refractivity contribution in [2.24, 2.45) is 5.10 Å². The molecule has 0 radical (unpaired) electrons. The molecule has 0 N–H and O–H groups in total. The SMILES string of the molecule is CC(=O)N1N=C(c2ccc(C)cc2)CC1c1ccc(-c2ccc(Cl)c(Cl)c2)o1. The van der Waals surface area contributed by atoms with Crippen LogP contribution in [0.5, 0.6) is 0 Å². The summed E-state index contributed by atoms with van der Waals surface area (Å²) in [4.78, 5) is 12.2. The third-order valence-corrected chi connectivity index (χ3v) is 5.52. The molecule has 4 nitrogen and oxygen atoms in total. The Morgan fingerprint density at radius 2 is 1.75 bits per heavy atom. The molecular formula is C22H18Cl2N2O2.